The van der Waals surface area contributed by atoms with Crippen LogP contribution in [0.5, 0.6) is 0 Å². The highest BCUT2D eigenvalue weighted by Gasteiger charge is 2.26. The summed E-state index contributed by atoms with van der Waals surface area (Å²) in [5.41, 5.74) is 3.41. The van der Waals surface area contributed by atoms with Crippen molar-refractivity contribution in [1.82, 2.24) is 19.8 Å². The molecule has 0 radical (unpaired) electrons. The first-order valence-electron chi connectivity index (χ1n) is 9.28. The van der Waals surface area contributed by atoms with Crippen LogP contribution in [0.15, 0.2) is 42.6 Å². The molecule has 1 fully saturated rings. The largest absolute Gasteiger partial charge is 0.310 e. The molecule has 0 spiro atoms. The van der Waals surface area contributed by atoms with Crippen LogP contribution in [0, 0.1) is 18.6 Å². The minimum Gasteiger partial charge on any atom is -0.310 e. The van der Waals surface area contributed by atoms with E-state index < -0.39 is 0 Å². The second kappa shape index (κ2) is 7.58. The summed E-state index contributed by atoms with van der Waals surface area (Å²) in [5, 5.41) is 8.63. The molecule has 0 unspecified atom stereocenters. The maximum Gasteiger partial charge on any atom is 0.274 e. The Kier molecular flexibility index (Phi) is 5.00. The summed E-state index contributed by atoms with van der Waals surface area (Å²) >= 11 is 5.65. The van der Waals surface area contributed by atoms with Crippen LogP contribution in [-0.2, 0) is 6.67 Å². The molecule has 1 aliphatic heterocycles. The molecule has 1 aliphatic rings. The molecule has 3 aromatic rings. The summed E-state index contributed by atoms with van der Waals surface area (Å²) in [7, 11) is 0. The molecule has 140 valence electrons. The number of piperazine rings is 1. The lowest BCUT2D eigenvalue weighted by Crippen LogP contribution is -3.14. The van der Waals surface area contributed by atoms with Crippen LogP contribution >= 0.6 is 12.2 Å². The Morgan fingerprint density at radius 2 is 1.89 bits per heavy atom. The van der Waals surface area contributed by atoms with Crippen LogP contribution < -0.4 is 14.8 Å². The van der Waals surface area contributed by atoms with Crippen molar-refractivity contribution in [2.75, 3.05) is 31.1 Å². The number of aryl methyl sites for hydroxylation is 1. The van der Waals surface area contributed by atoms with Crippen molar-refractivity contribution in [3.8, 4) is 5.69 Å². The van der Waals surface area contributed by atoms with Gasteiger partial charge in [-0.1, -0.05) is 18.2 Å². The predicted octanol–water partition coefficient (Wildman–Crippen LogP) is 0.592. The van der Waals surface area contributed by atoms with E-state index in [0.717, 1.165) is 38.5 Å². The van der Waals surface area contributed by atoms with Crippen molar-refractivity contribution in [2.45, 2.75) is 20.5 Å². The van der Waals surface area contributed by atoms with Crippen molar-refractivity contribution in [1.29, 1.82) is 0 Å². The molecule has 7 nitrogen and oxygen atoms in total. The Morgan fingerprint density at radius 3 is 2.63 bits per heavy atom. The molecule has 3 heterocycles. The molecule has 0 bridgehead atoms. The van der Waals surface area contributed by atoms with E-state index >= 15 is 0 Å². The van der Waals surface area contributed by atoms with E-state index in [1.54, 1.807) is 4.68 Å². The fourth-order valence-electron chi connectivity index (χ4n) is 3.50. The molecule has 4 rings (SSSR count). The number of hydrogen-bond acceptors (Lipinski definition) is 4. The van der Waals surface area contributed by atoms with Crippen molar-refractivity contribution in [2.24, 2.45) is 0 Å². The summed E-state index contributed by atoms with van der Waals surface area (Å²) < 4.78 is 4.26. The summed E-state index contributed by atoms with van der Waals surface area (Å²) in [5.74, 6) is 1.18. The highest BCUT2D eigenvalue weighted by Crippen LogP contribution is 2.16. The first-order chi connectivity index (χ1) is 13.1. The van der Waals surface area contributed by atoms with Gasteiger partial charge in [0.05, 0.1) is 11.9 Å². The second-order valence-electron chi connectivity index (χ2n) is 7.03. The highest BCUT2D eigenvalue weighted by molar-refractivity contribution is 7.71. The average Bonchev–Trinajstić information content (AvgIpc) is 3.05. The van der Waals surface area contributed by atoms with Crippen LogP contribution in [0.25, 0.3) is 5.69 Å². The molecular formula is C19H25N7S+2. The molecule has 1 aromatic carbocycles. The lowest BCUT2D eigenvalue weighted by molar-refractivity contribution is -0.924. The predicted molar refractivity (Wildman–Crippen MR) is 106 cm³/mol. The summed E-state index contributed by atoms with van der Waals surface area (Å²) in [6, 6.07) is 12.4. The molecule has 0 amide bonds. The van der Waals surface area contributed by atoms with E-state index in [0.29, 0.717) is 4.77 Å². The zero-order valence-electron chi connectivity index (χ0n) is 15.7. The zero-order chi connectivity index (χ0) is 18.8. The van der Waals surface area contributed by atoms with Gasteiger partial charge in [-0.25, -0.2) is 4.98 Å². The number of aromatic amines is 1. The van der Waals surface area contributed by atoms with Crippen molar-refractivity contribution < 1.29 is 9.88 Å². The fourth-order valence-corrected chi connectivity index (χ4v) is 3.74. The van der Waals surface area contributed by atoms with Gasteiger partial charge >= 0.3 is 0 Å². The molecule has 2 aromatic heterocycles. The Hall–Kier alpha value is -2.58. The fraction of sp³-hybridized carbons (Fsp3) is 0.368. The Bertz CT molecular complexity index is 971. The van der Waals surface area contributed by atoms with Crippen molar-refractivity contribution >= 4 is 18.0 Å². The summed E-state index contributed by atoms with van der Waals surface area (Å²) in [6.45, 7) is 9.04. The van der Waals surface area contributed by atoms with Gasteiger partial charge in [-0.3, -0.25) is 4.90 Å². The summed E-state index contributed by atoms with van der Waals surface area (Å²) in [4.78, 5) is 7.16. The number of pyridine rings is 1. The van der Waals surface area contributed by atoms with Crippen LogP contribution in [0.4, 0.5) is 5.82 Å². The van der Waals surface area contributed by atoms with E-state index in [1.165, 1.54) is 21.8 Å². The Morgan fingerprint density at radius 1 is 1.07 bits per heavy atom. The molecular weight excluding hydrogens is 358 g/mol. The van der Waals surface area contributed by atoms with Gasteiger partial charge < -0.3 is 4.90 Å². The normalized spacial score (nSPS) is 15.3. The van der Waals surface area contributed by atoms with Crippen LogP contribution in [0.2, 0.25) is 0 Å². The lowest BCUT2D eigenvalue weighted by Gasteiger charge is -2.27. The molecule has 0 saturated carbocycles. The number of quaternary nitrogens is 1. The third-order valence-corrected chi connectivity index (χ3v) is 5.70. The number of rotatable bonds is 4. The number of anilines is 1. The maximum absolute atomic E-state index is 5.65. The topological polar surface area (TPSA) is 57.5 Å². The summed E-state index contributed by atoms with van der Waals surface area (Å²) in [6.07, 6.45) is 1.97. The molecule has 0 aliphatic carbocycles. The smallest absolute Gasteiger partial charge is 0.274 e. The van der Waals surface area contributed by atoms with E-state index in [1.807, 2.05) is 29.1 Å². The van der Waals surface area contributed by atoms with E-state index in [9.17, 15) is 0 Å². The number of H-pyrrole nitrogens is 1. The number of nitrogens with one attached hydrogen (secondary N) is 2. The van der Waals surface area contributed by atoms with Gasteiger partial charge in [-0.15, -0.1) is 0 Å². The minimum absolute atomic E-state index is 0.648. The van der Waals surface area contributed by atoms with E-state index in [-0.39, 0.29) is 0 Å². The van der Waals surface area contributed by atoms with E-state index in [2.05, 4.69) is 52.4 Å². The number of nitrogens with zero attached hydrogens (tertiary/aromatic N) is 5. The standard InChI is InChI=1S/C19H23N7S/c1-15-6-5-7-17(16(15)2)26-19(27)25(21-22-26)14-23-10-12-24(13-11-23)18-8-3-4-9-20-18/h3-9H,10-14H2,1-2H3/p+2. The first kappa shape index (κ1) is 17.8. The third-order valence-electron chi connectivity index (χ3n) is 5.32. The molecule has 2 N–H and O–H groups in total. The average molecular weight is 384 g/mol. The number of benzene rings is 1. The quantitative estimate of drug-likeness (QED) is 0.670. The Labute approximate surface area is 163 Å². The van der Waals surface area contributed by atoms with Gasteiger partial charge in [-0.2, -0.15) is 9.36 Å². The molecule has 0 atom stereocenters. The first-order valence-corrected chi connectivity index (χ1v) is 9.69. The Balaban J connectivity index is 1.45. The van der Waals surface area contributed by atoms with Gasteiger partial charge in [0, 0.05) is 6.07 Å². The SMILES string of the molecule is Cc1cccc(-n2nnn(C[NH+]3CCN(c4cccc[nH+]4)CC3)c2=S)c1C. The van der Waals surface area contributed by atoms with Gasteiger partial charge in [0.1, 0.15) is 26.2 Å². The molecule has 27 heavy (non-hydrogen) atoms. The minimum atomic E-state index is 0.648. The second-order valence-corrected chi connectivity index (χ2v) is 7.40. The van der Waals surface area contributed by atoms with Gasteiger partial charge in [0.15, 0.2) is 6.67 Å². The number of hydrogen-bond donors (Lipinski definition) is 1. The monoisotopic (exact) mass is 383 g/mol. The molecule has 1 saturated heterocycles. The van der Waals surface area contributed by atoms with Gasteiger partial charge in [0.25, 0.3) is 5.82 Å². The third kappa shape index (κ3) is 3.63. The van der Waals surface area contributed by atoms with E-state index in [4.69, 9.17) is 12.2 Å². The van der Waals surface area contributed by atoms with Gasteiger partial charge in [-0.05, 0) is 59.8 Å². The van der Waals surface area contributed by atoms with Crippen LogP contribution in [-0.4, -0.2) is 46.0 Å². The lowest BCUT2D eigenvalue weighted by atomic mass is 10.1. The van der Waals surface area contributed by atoms with Crippen molar-refractivity contribution in [3.05, 3.63) is 58.5 Å². The zero-order valence-corrected chi connectivity index (χ0v) is 16.5. The highest BCUT2D eigenvalue weighted by atomic mass is 32.1. The number of aromatic nitrogens is 5. The van der Waals surface area contributed by atoms with Crippen LogP contribution in [0.1, 0.15) is 11.1 Å². The maximum atomic E-state index is 5.65. The van der Waals surface area contributed by atoms with Gasteiger partial charge in [0.2, 0.25) is 4.77 Å². The van der Waals surface area contributed by atoms with Crippen LogP contribution in [0.3, 0.4) is 0 Å². The van der Waals surface area contributed by atoms with Crippen molar-refractivity contribution in [3.63, 3.8) is 0 Å². The number of tetrazole rings is 1. The molecule has 8 heteroatoms.